The van der Waals surface area contributed by atoms with Crippen LogP contribution in [0.5, 0.6) is 0 Å². The Balaban J connectivity index is 1.83. The molecule has 2 saturated carbocycles. The Morgan fingerprint density at radius 3 is 2.52 bits per heavy atom. The van der Waals surface area contributed by atoms with Crippen molar-refractivity contribution >= 4 is 11.9 Å². The summed E-state index contributed by atoms with van der Waals surface area (Å²) in [6.45, 7) is 4.65. The average Bonchev–Trinajstić information content (AvgIpc) is 2.83. The Bertz CT molecular complexity index is 837. The molecule has 1 saturated heterocycles. The summed E-state index contributed by atoms with van der Waals surface area (Å²) in [5.74, 6) is -1.30. The van der Waals surface area contributed by atoms with Crippen LogP contribution in [0.4, 0.5) is 0 Å². The van der Waals surface area contributed by atoms with Gasteiger partial charge in [-0.15, -0.1) is 0 Å². The SMILES string of the molecule is C[C@@H]1C[C@@H](OC(=O)c2ccccc2)[C@@]2(O)[C@]13CC(=O)OC[C@]2(C)[C@@](C)(O)[C@H](O)C3. The van der Waals surface area contributed by atoms with Crippen LogP contribution in [0.3, 0.4) is 0 Å². The van der Waals surface area contributed by atoms with Gasteiger partial charge in [0.2, 0.25) is 0 Å². The quantitative estimate of drug-likeness (QED) is 0.639. The van der Waals surface area contributed by atoms with E-state index in [0.29, 0.717) is 12.0 Å². The van der Waals surface area contributed by atoms with Crippen molar-refractivity contribution in [3.63, 3.8) is 0 Å². The number of ether oxygens (including phenoxy) is 2. The Morgan fingerprint density at radius 2 is 1.86 bits per heavy atom. The van der Waals surface area contributed by atoms with Gasteiger partial charge < -0.3 is 24.8 Å². The molecule has 0 aromatic heterocycles. The lowest BCUT2D eigenvalue weighted by atomic mass is 9.45. The van der Waals surface area contributed by atoms with E-state index in [0.717, 1.165) is 0 Å². The Kier molecular flexibility index (Phi) is 4.39. The number of cyclic esters (lactones) is 1. The molecule has 4 rings (SSSR count). The fourth-order valence-corrected chi connectivity index (χ4v) is 6.05. The highest BCUT2D eigenvalue weighted by atomic mass is 16.6. The molecule has 0 radical (unpaired) electrons. The van der Waals surface area contributed by atoms with E-state index in [1.54, 1.807) is 37.3 Å². The first-order valence-corrected chi connectivity index (χ1v) is 10.0. The van der Waals surface area contributed by atoms with E-state index in [4.69, 9.17) is 9.47 Å². The number of carbonyl (C=O) groups is 2. The Morgan fingerprint density at radius 1 is 1.21 bits per heavy atom. The maximum atomic E-state index is 12.8. The predicted molar refractivity (Wildman–Crippen MR) is 102 cm³/mol. The standard InChI is InChI=1S/C22H28O7/c1-13-9-16(29-18(25)14-7-5-4-6-8-14)22(27)19(2)12-28-17(24)11-21(13,22)10-15(23)20(19,3)26/h4-8,13,15-16,23,26-27H,9-12H2,1-3H3/t13-,15-,16-,19-,20+,21-,22+/m1/s1. The number of hydrogen-bond donors (Lipinski definition) is 3. The third-order valence-electron chi connectivity index (χ3n) is 8.14. The number of aliphatic hydroxyl groups excluding tert-OH is 1. The molecule has 0 spiro atoms. The molecule has 158 valence electrons. The fraction of sp³-hybridized carbons (Fsp3) is 0.636. The molecular weight excluding hydrogens is 376 g/mol. The molecule has 2 bridgehead atoms. The fourth-order valence-electron chi connectivity index (χ4n) is 6.05. The van der Waals surface area contributed by atoms with Crippen molar-refractivity contribution in [2.75, 3.05) is 6.61 Å². The van der Waals surface area contributed by atoms with E-state index < -0.39 is 46.2 Å². The second kappa shape index (κ2) is 6.27. The van der Waals surface area contributed by atoms with Gasteiger partial charge >= 0.3 is 11.9 Å². The van der Waals surface area contributed by atoms with Gasteiger partial charge in [-0.3, -0.25) is 4.79 Å². The lowest BCUT2D eigenvalue weighted by molar-refractivity contribution is -0.315. The summed E-state index contributed by atoms with van der Waals surface area (Å²) in [4.78, 5) is 25.2. The highest BCUT2D eigenvalue weighted by Gasteiger charge is 2.80. The topological polar surface area (TPSA) is 113 Å². The van der Waals surface area contributed by atoms with E-state index in [2.05, 4.69) is 0 Å². The van der Waals surface area contributed by atoms with Gasteiger partial charge in [-0.25, -0.2) is 4.79 Å². The Labute approximate surface area is 169 Å². The number of aliphatic hydroxyl groups is 3. The molecule has 29 heavy (non-hydrogen) atoms. The van der Waals surface area contributed by atoms with E-state index in [-0.39, 0.29) is 25.4 Å². The average molecular weight is 404 g/mol. The van der Waals surface area contributed by atoms with Crippen LogP contribution in [-0.4, -0.2) is 57.3 Å². The summed E-state index contributed by atoms with van der Waals surface area (Å²) in [5.41, 5.74) is -5.65. The molecule has 3 aliphatic rings. The third-order valence-corrected chi connectivity index (χ3v) is 8.14. The molecule has 1 aromatic rings. The van der Waals surface area contributed by atoms with Gasteiger partial charge in [0, 0.05) is 5.41 Å². The first-order chi connectivity index (χ1) is 13.5. The first-order valence-electron chi connectivity index (χ1n) is 10.0. The molecule has 0 unspecified atom stereocenters. The highest BCUT2D eigenvalue weighted by Crippen LogP contribution is 2.69. The van der Waals surface area contributed by atoms with Crippen LogP contribution >= 0.6 is 0 Å². The zero-order valence-electron chi connectivity index (χ0n) is 16.9. The molecule has 2 aliphatic carbocycles. The van der Waals surface area contributed by atoms with Crippen molar-refractivity contribution in [1.82, 2.24) is 0 Å². The summed E-state index contributed by atoms with van der Waals surface area (Å²) >= 11 is 0. The van der Waals surface area contributed by atoms with Crippen molar-refractivity contribution in [2.45, 2.75) is 63.4 Å². The van der Waals surface area contributed by atoms with Gasteiger partial charge in [0.15, 0.2) is 0 Å². The molecule has 7 heteroatoms. The normalized spacial score (nSPS) is 46.4. The van der Waals surface area contributed by atoms with E-state index in [9.17, 15) is 24.9 Å². The monoisotopic (exact) mass is 404 g/mol. The maximum absolute atomic E-state index is 12.8. The summed E-state index contributed by atoms with van der Waals surface area (Å²) in [6.07, 6.45) is -1.88. The van der Waals surface area contributed by atoms with Crippen molar-refractivity contribution in [3.8, 4) is 0 Å². The maximum Gasteiger partial charge on any atom is 0.338 e. The van der Waals surface area contributed by atoms with Crippen molar-refractivity contribution in [1.29, 1.82) is 0 Å². The minimum atomic E-state index is -1.75. The molecule has 7 atom stereocenters. The lowest BCUT2D eigenvalue weighted by Gasteiger charge is -2.63. The largest absolute Gasteiger partial charge is 0.465 e. The smallest absolute Gasteiger partial charge is 0.338 e. The number of benzene rings is 1. The molecule has 1 heterocycles. The van der Waals surface area contributed by atoms with Crippen molar-refractivity contribution < 1.29 is 34.4 Å². The van der Waals surface area contributed by atoms with Gasteiger partial charge in [-0.05, 0) is 37.8 Å². The second-order valence-electron chi connectivity index (χ2n) is 9.36. The summed E-state index contributed by atoms with van der Waals surface area (Å²) in [7, 11) is 0. The van der Waals surface area contributed by atoms with Gasteiger partial charge in [-0.1, -0.05) is 32.0 Å². The van der Waals surface area contributed by atoms with Gasteiger partial charge in [0.05, 0.1) is 29.1 Å². The minimum Gasteiger partial charge on any atom is -0.465 e. The first kappa shape index (κ1) is 20.3. The molecule has 1 aliphatic heterocycles. The zero-order chi connectivity index (χ0) is 21.2. The molecule has 1 aromatic carbocycles. The van der Waals surface area contributed by atoms with Gasteiger partial charge in [0.25, 0.3) is 0 Å². The van der Waals surface area contributed by atoms with Crippen LogP contribution in [0.2, 0.25) is 0 Å². The van der Waals surface area contributed by atoms with E-state index >= 15 is 0 Å². The Hall–Kier alpha value is -1.96. The lowest BCUT2D eigenvalue weighted by Crippen LogP contribution is -2.77. The number of esters is 2. The van der Waals surface area contributed by atoms with Gasteiger partial charge in [0.1, 0.15) is 18.3 Å². The number of hydrogen-bond acceptors (Lipinski definition) is 7. The molecule has 3 N–H and O–H groups in total. The minimum absolute atomic E-state index is 0.0156. The van der Waals surface area contributed by atoms with E-state index in [1.807, 2.05) is 6.92 Å². The van der Waals surface area contributed by atoms with Crippen molar-refractivity contribution in [2.24, 2.45) is 16.7 Å². The zero-order valence-corrected chi connectivity index (χ0v) is 16.9. The summed E-state index contributed by atoms with van der Waals surface area (Å²) in [5, 5.41) is 34.3. The third kappa shape index (κ3) is 2.41. The van der Waals surface area contributed by atoms with Crippen LogP contribution in [0, 0.1) is 16.7 Å². The highest BCUT2D eigenvalue weighted by molar-refractivity contribution is 5.89. The molecule has 7 nitrogen and oxygen atoms in total. The second-order valence-corrected chi connectivity index (χ2v) is 9.36. The van der Waals surface area contributed by atoms with Crippen LogP contribution in [0.25, 0.3) is 0 Å². The van der Waals surface area contributed by atoms with E-state index in [1.165, 1.54) is 6.92 Å². The summed E-state index contributed by atoms with van der Waals surface area (Å²) < 4.78 is 11.2. The number of rotatable bonds is 2. The van der Waals surface area contributed by atoms with Crippen molar-refractivity contribution in [3.05, 3.63) is 35.9 Å². The van der Waals surface area contributed by atoms with Gasteiger partial charge in [-0.2, -0.15) is 0 Å². The van der Waals surface area contributed by atoms with Crippen LogP contribution in [0.15, 0.2) is 30.3 Å². The number of carbonyl (C=O) groups excluding carboxylic acids is 2. The van der Waals surface area contributed by atoms with Crippen LogP contribution in [-0.2, 0) is 14.3 Å². The summed E-state index contributed by atoms with van der Waals surface area (Å²) in [6, 6.07) is 8.49. The van der Waals surface area contributed by atoms with Crippen LogP contribution in [0.1, 0.15) is 50.4 Å². The van der Waals surface area contributed by atoms with Crippen LogP contribution < -0.4 is 0 Å². The molecule has 3 fully saturated rings. The molecular formula is C22H28O7. The molecule has 0 amide bonds. The predicted octanol–water partition coefficient (Wildman–Crippen LogP) is 1.44.